The van der Waals surface area contributed by atoms with Gasteiger partial charge >= 0.3 is 0 Å². The van der Waals surface area contributed by atoms with Crippen molar-refractivity contribution in [1.29, 1.82) is 0 Å². The van der Waals surface area contributed by atoms with Gasteiger partial charge in [-0.25, -0.2) is 0 Å². The van der Waals surface area contributed by atoms with Gasteiger partial charge in [0.05, 0.1) is 0 Å². The average molecular weight is 374 g/mol. The van der Waals surface area contributed by atoms with Crippen molar-refractivity contribution in [3.05, 3.63) is 45.7 Å². The molecule has 1 unspecified atom stereocenters. The smallest absolute Gasteiger partial charge is 0.272 e. The minimum Gasteiger partial charge on any atom is -0.371 e. The van der Waals surface area contributed by atoms with Crippen molar-refractivity contribution in [3.8, 4) is 0 Å². The average Bonchev–Trinajstić information content (AvgIpc) is 3.28. The van der Waals surface area contributed by atoms with E-state index >= 15 is 0 Å². The number of benzene rings is 1. The third kappa shape index (κ3) is 3.44. The van der Waals surface area contributed by atoms with Gasteiger partial charge < -0.3 is 15.5 Å². The summed E-state index contributed by atoms with van der Waals surface area (Å²) < 4.78 is 0. The molecule has 1 atom stereocenters. The third-order valence-electron chi connectivity index (χ3n) is 5.37. The summed E-state index contributed by atoms with van der Waals surface area (Å²) in [7, 11) is 0. The predicted octanol–water partition coefficient (Wildman–Crippen LogP) is 2.27. The van der Waals surface area contributed by atoms with E-state index in [4.69, 9.17) is 11.6 Å². The molecular formula is C19H24ClN5O. The molecule has 2 aliphatic heterocycles. The van der Waals surface area contributed by atoms with Crippen LogP contribution in [0.3, 0.4) is 0 Å². The molecular weight excluding hydrogens is 350 g/mol. The van der Waals surface area contributed by atoms with E-state index in [0.29, 0.717) is 24.7 Å². The number of nitrogens with zero attached hydrogens (tertiary/aromatic N) is 2. The second-order valence-corrected chi connectivity index (χ2v) is 7.63. The van der Waals surface area contributed by atoms with E-state index in [0.717, 1.165) is 48.8 Å². The molecule has 26 heavy (non-hydrogen) atoms. The lowest BCUT2D eigenvalue weighted by molar-refractivity contribution is 0.0942. The highest BCUT2D eigenvalue weighted by Crippen LogP contribution is 2.29. The molecule has 0 saturated carbocycles. The molecule has 6 nitrogen and oxygen atoms in total. The molecule has 1 amide bonds. The van der Waals surface area contributed by atoms with Crippen molar-refractivity contribution >= 4 is 23.2 Å². The monoisotopic (exact) mass is 373 g/mol. The second-order valence-electron chi connectivity index (χ2n) is 7.20. The zero-order valence-corrected chi connectivity index (χ0v) is 15.7. The van der Waals surface area contributed by atoms with Crippen LogP contribution in [0, 0.1) is 12.8 Å². The summed E-state index contributed by atoms with van der Waals surface area (Å²) in [6, 6.07) is 6.01. The highest BCUT2D eigenvalue weighted by Gasteiger charge is 2.26. The number of halogens is 1. The lowest BCUT2D eigenvalue weighted by Gasteiger charge is -2.21. The van der Waals surface area contributed by atoms with Crippen LogP contribution in [-0.2, 0) is 13.0 Å². The molecule has 0 aliphatic carbocycles. The molecule has 3 heterocycles. The first-order valence-electron chi connectivity index (χ1n) is 9.18. The van der Waals surface area contributed by atoms with E-state index < -0.39 is 0 Å². The van der Waals surface area contributed by atoms with Gasteiger partial charge in [0.2, 0.25) is 0 Å². The molecule has 0 radical (unpaired) electrons. The van der Waals surface area contributed by atoms with Gasteiger partial charge in [-0.1, -0.05) is 17.7 Å². The Labute approximate surface area is 158 Å². The maximum absolute atomic E-state index is 12.5. The van der Waals surface area contributed by atoms with Crippen LogP contribution >= 0.6 is 11.6 Å². The SMILES string of the molecule is Cc1ccc(Cl)cc1N1CCC(CNC(=O)c2n[nH]c3c2CNCC3)C1. The van der Waals surface area contributed by atoms with Gasteiger partial charge in [-0.15, -0.1) is 0 Å². The summed E-state index contributed by atoms with van der Waals surface area (Å²) in [5.74, 6) is 0.355. The van der Waals surface area contributed by atoms with Crippen LogP contribution < -0.4 is 15.5 Å². The van der Waals surface area contributed by atoms with Crippen LogP contribution in [0.1, 0.15) is 33.7 Å². The van der Waals surface area contributed by atoms with Crippen molar-refractivity contribution in [3.63, 3.8) is 0 Å². The number of H-pyrrole nitrogens is 1. The molecule has 138 valence electrons. The number of rotatable bonds is 4. The first-order chi connectivity index (χ1) is 12.6. The Morgan fingerprint density at radius 1 is 1.46 bits per heavy atom. The summed E-state index contributed by atoms with van der Waals surface area (Å²) in [4.78, 5) is 14.9. The molecule has 3 N–H and O–H groups in total. The van der Waals surface area contributed by atoms with Crippen LogP contribution in [0.25, 0.3) is 0 Å². The fraction of sp³-hybridized carbons (Fsp3) is 0.474. The van der Waals surface area contributed by atoms with E-state index in [1.165, 1.54) is 11.3 Å². The minimum atomic E-state index is -0.0800. The maximum atomic E-state index is 12.5. The Balaban J connectivity index is 1.35. The van der Waals surface area contributed by atoms with Gasteiger partial charge in [-0.3, -0.25) is 9.89 Å². The number of nitrogens with one attached hydrogen (secondary N) is 3. The van der Waals surface area contributed by atoms with E-state index in [2.05, 4.69) is 38.7 Å². The Morgan fingerprint density at radius 3 is 3.23 bits per heavy atom. The fourth-order valence-corrected chi connectivity index (χ4v) is 4.04. The van der Waals surface area contributed by atoms with E-state index in [9.17, 15) is 4.79 Å². The Morgan fingerprint density at radius 2 is 2.35 bits per heavy atom. The maximum Gasteiger partial charge on any atom is 0.272 e. The largest absolute Gasteiger partial charge is 0.371 e. The number of carbonyl (C=O) groups excluding carboxylic acids is 1. The standard InChI is InChI=1S/C19H24ClN5O/c1-12-2-3-14(20)8-17(12)25-7-5-13(11-25)9-22-19(26)18-15-10-21-6-4-16(15)23-24-18/h2-3,8,13,21H,4-7,9-11H2,1H3,(H,22,26)(H,23,24). The molecule has 0 spiro atoms. The van der Waals surface area contributed by atoms with Crippen molar-refractivity contribution in [2.45, 2.75) is 26.3 Å². The van der Waals surface area contributed by atoms with E-state index in [1.807, 2.05) is 12.1 Å². The topological polar surface area (TPSA) is 73.0 Å². The summed E-state index contributed by atoms with van der Waals surface area (Å²) in [6.45, 7) is 6.33. The summed E-state index contributed by atoms with van der Waals surface area (Å²) in [5.41, 5.74) is 5.05. The molecule has 1 fully saturated rings. The zero-order chi connectivity index (χ0) is 18.1. The van der Waals surface area contributed by atoms with Crippen molar-refractivity contribution in [1.82, 2.24) is 20.8 Å². The minimum absolute atomic E-state index is 0.0800. The third-order valence-corrected chi connectivity index (χ3v) is 5.61. The fourth-order valence-electron chi connectivity index (χ4n) is 3.88. The summed E-state index contributed by atoms with van der Waals surface area (Å²) in [6.07, 6.45) is 1.96. The molecule has 4 rings (SSSR count). The molecule has 7 heteroatoms. The van der Waals surface area contributed by atoms with Crippen LogP contribution in [-0.4, -0.2) is 42.3 Å². The normalized spacial score (nSPS) is 19.5. The first-order valence-corrected chi connectivity index (χ1v) is 9.55. The quantitative estimate of drug-likeness (QED) is 0.768. The number of fused-ring (bicyclic) bond motifs is 1. The molecule has 2 aliphatic rings. The molecule has 1 aromatic heterocycles. The van der Waals surface area contributed by atoms with Crippen LogP contribution in [0.4, 0.5) is 5.69 Å². The van der Waals surface area contributed by atoms with Gasteiger partial charge in [0.25, 0.3) is 5.91 Å². The van der Waals surface area contributed by atoms with Gasteiger partial charge in [0.15, 0.2) is 5.69 Å². The van der Waals surface area contributed by atoms with Gasteiger partial charge in [-0.2, -0.15) is 5.10 Å². The van der Waals surface area contributed by atoms with E-state index in [-0.39, 0.29) is 5.91 Å². The predicted molar refractivity (Wildman–Crippen MR) is 103 cm³/mol. The van der Waals surface area contributed by atoms with Crippen LogP contribution in [0.15, 0.2) is 18.2 Å². The molecule has 0 bridgehead atoms. The van der Waals surface area contributed by atoms with Crippen LogP contribution in [0.5, 0.6) is 0 Å². The molecule has 1 aromatic carbocycles. The lowest BCUT2D eigenvalue weighted by atomic mass is 10.1. The van der Waals surface area contributed by atoms with Crippen molar-refractivity contribution in [2.24, 2.45) is 5.92 Å². The first kappa shape index (κ1) is 17.4. The number of carbonyl (C=O) groups is 1. The number of aromatic nitrogens is 2. The van der Waals surface area contributed by atoms with Crippen molar-refractivity contribution < 1.29 is 4.79 Å². The van der Waals surface area contributed by atoms with Gasteiger partial charge in [-0.05, 0) is 37.0 Å². The van der Waals surface area contributed by atoms with Gasteiger partial charge in [0.1, 0.15) is 0 Å². The summed E-state index contributed by atoms with van der Waals surface area (Å²) in [5, 5.41) is 14.4. The Bertz CT molecular complexity index is 818. The lowest BCUT2D eigenvalue weighted by Crippen LogP contribution is -2.33. The number of aryl methyl sites for hydroxylation is 1. The Hall–Kier alpha value is -2.05. The van der Waals surface area contributed by atoms with Gasteiger partial charge in [0, 0.05) is 61.1 Å². The molecule has 1 saturated heterocycles. The highest BCUT2D eigenvalue weighted by atomic mass is 35.5. The number of anilines is 1. The summed E-state index contributed by atoms with van der Waals surface area (Å²) >= 11 is 6.15. The Kier molecular flexibility index (Phi) is 4.87. The van der Waals surface area contributed by atoms with Crippen molar-refractivity contribution in [2.75, 3.05) is 31.1 Å². The number of hydrogen-bond donors (Lipinski definition) is 3. The number of amides is 1. The molecule has 2 aromatic rings. The van der Waals surface area contributed by atoms with E-state index in [1.54, 1.807) is 0 Å². The number of aromatic amines is 1. The van der Waals surface area contributed by atoms with Crippen LogP contribution in [0.2, 0.25) is 5.02 Å². The number of hydrogen-bond acceptors (Lipinski definition) is 4. The zero-order valence-electron chi connectivity index (χ0n) is 14.9. The highest BCUT2D eigenvalue weighted by molar-refractivity contribution is 6.30. The second kappa shape index (κ2) is 7.29.